The number of nitrogens with one attached hydrogen (secondary N) is 1. The second kappa shape index (κ2) is 8.29. The van der Waals surface area contributed by atoms with Crippen LogP contribution in [-0.2, 0) is 4.79 Å². The molecule has 0 aliphatic carbocycles. The first-order chi connectivity index (χ1) is 9.88. The molecule has 0 aliphatic rings. The molecule has 21 heavy (non-hydrogen) atoms. The van der Waals surface area contributed by atoms with Crippen LogP contribution < -0.4 is 15.8 Å². The Morgan fingerprint density at radius 3 is 2.29 bits per heavy atom. The first-order valence-electron chi connectivity index (χ1n) is 7.20. The summed E-state index contributed by atoms with van der Waals surface area (Å²) in [7, 11) is 0. The van der Waals surface area contributed by atoms with Gasteiger partial charge in [0.1, 0.15) is 5.75 Å². The van der Waals surface area contributed by atoms with Crippen LogP contribution in [0.2, 0.25) is 0 Å². The van der Waals surface area contributed by atoms with E-state index in [-0.39, 0.29) is 18.6 Å². The fourth-order valence-electron chi connectivity index (χ4n) is 1.82. The van der Waals surface area contributed by atoms with Crippen LogP contribution >= 0.6 is 0 Å². The van der Waals surface area contributed by atoms with E-state index >= 15 is 0 Å². The van der Waals surface area contributed by atoms with E-state index in [1.54, 1.807) is 24.3 Å². The second-order valence-corrected chi connectivity index (χ2v) is 5.63. The summed E-state index contributed by atoms with van der Waals surface area (Å²) >= 11 is 0. The highest BCUT2D eigenvalue weighted by Gasteiger charge is 2.10. The van der Waals surface area contributed by atoms with E-state index < -0.39 is 5.91 Å². The molecule has 0 bridgehead atoms. The SMILES string of the molecule is CC(C)CC[C@@H](C)NC(=O)c1ccc(OCC(N)=O)cc1. The lowest BCUT2D eigenvalue weighted by Crippen LogP contribution is -2.32. The van der Waals surface area contributed by atoms with Gasteiger partial charge < -0.3 is 15.8 Å². The topological polar surface area (TPSA) is 81.4 Å². The van der Waals surface area contributed by atoms with E-state index in [1.165, 1.54) is 0 Å². The summed E-state index contributed by atoms with van der Waals surface area (Å²) in [5.41, 5.74) is 5.56. The quantitative estimate of drug-likeness (QED) is 0.770. The van der Waals surface area contributed by atoms with Gasteiger partial charge in [0.15, 0.2) is 6.61 Å². The fourth-order valence-corrected chi connectivity index (χ4v) is 1.82. The van der Waals surface area contributed by atoms with Gasteiger partial charge in [-0.3, -0.25) is 9.59 Å². The van der Waals surface area contributed by atoms with Crippen LogP contribution in [0, 0.1) is 5.92 Å². The number of primary amides is 1. The van der Waals surface area contributed by atoms with Gasteiger partial charge in [-0.15, -0.1) is 0 Å². The van der Waals surface area contributed by atoms with E-state index in [1.807, 2.05) is 6.92 Å². The van der Waals surface area contributed by atoms with Crippen molar-refractivity contribution in [3.05, 3.63) is 29.8 Å². The van der Waals surface area contributed by atoms with E-state index in [4.69, 9.17) is 10.5 Å². The minimum atomic E-state index is -0.532. The zero-order valence-corrected chi connectivity index (χ0v) is 12.9. The number of nitrogens with two attached hydrogens (primary N) is 1. The average Bonchev–Trinajstić information content (AvgIpc) is 2.43. The van der Waals surface area contributed by atoms with E-state index in [9.17, 15) is 9.59 Å². The summed E-state index contributed by atoms with van der Waals surface area (Å²) in [6.07, 6.45) is 2.05. The molecule has 0 radical (unpaired) electrons. The Morgan fingerprint density at radius 2 is 1.76 bits per heavy atom. The molecule has 0 aliphatic heterocycles. The maximum absolute atomic E-state index is 12.1. The highest BCUT2D eigenvalue weighted by atomic mass is 16.5. The Labute approximate surface area is 125 Å². The summed E-state index contributed by atoms with van der Waals surface area (Å²) in [6, 6.07) is 6.78. The molecule has 0 unspecified atom stereocenters. The van der Waals surface area contributed by atoms with Crippen molar-refractivity contribution in [2.45, 2.75) is 39.7 Å². The smallest absolute Gasteiger partial charge is 0.255 e. The Hall–Kier alpha value is -2.04. The van der Waals surface area contributed by atoms with Crippen LogP contribution in [0.15, 0.2) is 24.3 Å². The monoisotopic (exact) mass is 292 g/mol. The molecule has 0 fully saturated rings. The van der Waals surface area contributed by atoms with Crippen LogP contribution in [0.4, 0.5) is 0 Å². The summed E-state index contributed by atoms with van der Waals surface area (Å²) in [5.74, 6) is 0.507. The molecule has 5 nitrogen and oxygen atoms in total. The molecule has 1 aromatic rings. The van der Waals surface area contributed by atoms with Crippen molar-refractivity contribution in [1.29, 1.82) is 0 Å². The lowest BCUT2D eigenvalue weighted by Gasteiger charge is -2.15. The Balaban J connectivity index is 2.49. The van der Waals surface area contributed by atoms with Gasteiger partial charge in [-0.25, -0.2) is 0 Å². The van der Waals surface area contributed by atoms with E-state index in [0.717, 1.165) is 12.8 Å². The molecule has 3 N–H and O–H groups in total. The van der Waals surface area contributed by atoms with Crippen molar-refractivity contribution in [3.63, 3.8) is 0 Å². The van der Waals surface area contributed by atoms with Gasteiger partial charge in [0, 0.05) is 11.6 Å². The Morgan fingerprint density at radius 1 is 1.14 bits per heavy atom. The van der Waals surface area contributed by atoms with E-state index in [0.29, 0.717) is 17.2 Å². The third-order valence-corrected chi connectivity index (χ3v) is 3.05. The van der Waals surface area contributed by atoms with Gasteiger partial charge in [-0.05, 0) is 49.9 Å². The van der Waals surface area contributed by atoms with Crippen molar-refractivity contribution >= 4 is 11.8 Å². The van der Waals surface area contributed by atoms with Gasteiger partial charge in [0.05, 0.1) is 0 Å². The summed E-state index contributed by atoms with van der Waals surface area (Å²) < 4.78 is 5.14. The van der Waals surface area contributed by atoms with Gasteiger partial charge in [-0.2, -0.15) is 0 Å². The number of benzene rings is 1. The summed E-state index contributed by atoms with van der Waals surface area (Å²) in [4.78, 5) is 22.7. The number of ether oxygens (including phenoxy) is 1. The van der Waals surface area contributed by atoms with Gasteiger partial charge in [-0.1, -0.05) is 13.8 Å². The van der Waals surface area contributed by atoms with Crippen molar-refractivity contribution in [3.8, 4) is 5.75 Å². The molecule has 0 aromatic heterocycles. The number of hydrogen-bond donors (Lipinski definition) is 2. The molecule has 0 saturated carbocycles. The molecule has 1 atom stereocenters. The van der Waals surface area contributed by atoms with Gasteiger partial charge in [0.2, 0.25) is 0 Å². The minimum absolute atomic E-state index is 0.104. The second-order valence-electron chi connectivity index (χ2n) is 5.63. The van der Waals surface area contributed by atoms with Gasteiger partial charge in [0.25, 0.3) is 11.8 Å². The maximum atomic E-state index is 12.1. The minimum Gasteiger partial charge on any atom is -0.484 e. The normalized spacial score (nSPS) is 12.0. The molecule has 0 saturated heterocycles. The third-order valence-electron chi connectivity index (χ3n) is 3.05. The zero-order chi connectivity index (χ0) is 15.8. The van der Waals surface area contributed by atoms with Crippen molar-refractivity contribution in [2.24, 2.45) is 11.7 Å². The molecule has 5 heteroatoms. The van der Waals surface area contributed by atoms with Crippen LogP contribution in [-0.4, -0.2) is 24.5 Å². The maximum Gasteiger partial charge on any atom is 0.255 e. The van der Waals surface area contributed by atoms with Crippen molar-refractivity contribution < 1.29 is 14.3 Å². The number of carbonyl (C=O) groups is 2. The van der Waals surface area contributed by atoms with Crippen LogP contribution in [0.5, 0.6) is 5.75 Å². The first kappa shape index (κ1) is 17.0. The number of carbonyl (C=O) groups excluding carboxylic acids is 2. The van der Waals surface area contributed by atoms with Crippen LogP contribution in [0.25, 0.3) is 0 Å². The Kier molecular flexibility index (Phi) is 6.72. The van der Waals surface area contributed by atoms with Crippen molar-refractivity contribution in [1.82, 2.24) is 5.32 Å². The van der Waals surface area contributed by atoms with Crippen molar-refractivity contribution in [2.75, 3.05) is 6.61 Å². The average molecular weight is 292 g/mol. The summed E-state index contributed by atoms with van der Waals surface area (Å²) in [6.45, 7) is 6.17. The predicted octanol–water partition coefficient (Wildman–Crippen LogP) is 2.11. The first-order valence-corrected chi connectivity index (χ1v) is 7.20. The van der Waals surface area contributed by atoms with E-state index in [2.05, 4.69) is 19.2 Å². The lowest BCUT2D eigenvalue weighted by atomic mass is 10.0. The molecular weight excluding hydrogens is 268 g/mol. The molecule has 0 heterocycles. The lowest BCUT2D eigenvalue weighted by molar-refractivity contribution is -0.119. The molecule has 1 aromatic carbocycles. The molecule has 0 spiro atoms. The fraction of sp³-hybridized carbons (Fsp3) is 0.500. The number of hydrogen-bond acceptors (Lipinski definition) is 3. The zero-order valence-electron chi connectivity index (χ0n) is 12.9. The Bertz CT molecular complexity index is 469. The largest absolute Gasteiger partial charge is 0.484 e. The van der Waals surface area contributed by atoms with Crippen LogP contribution in [0.3, 0.4) is 0 Å². The number of rotatable bonds is 8. The molecular formula is C16H24N2O3. The molecule has 2 amide bonds. The standard InChI is InChI=1S/C16H24N2O3/c1-11(2)4-5-12(3)18-16(20)13-6-8-14(9-7-13)21-10-15(17)19/h6-9,11-12H,4-5,10H2,1-3H3,(H2,17,19)(H,18,20)/t12-/m1/s1. The predicted molar refractivity (Wildman–Crippen MR) is 82.1 cm³/mol. The molecule has 116 valence electrons. The number of amides is 2. The molecule has 1 rings (SSSR count). The summed E-state index contributed by atoms with van der Waals surface area (Å²) in [5, 5.41) is 2.97. The van der Waals surface area contributed by atoms with Crippen LogP contribution in [0.1, 0.15) is 44.0 Å². The van der Waals surface area contributed by atoms with Gasteiger partial charge >= 0.3 is 0 Å². The third kappa shape index (κ3) is 6.79. The highest BCUT2D eigenvalue weighted by molar-refractivity contribution is 5.94. The highest BCUT2D eigenvalue weighted by Crippen LogP contribution is 2.13.